The van der Waals surface area contributed by atoms with Gasteiger partial charge in [-0.25, -0.2) is 0 Å². The van der Waals surface area contributed by atoms with Gasteiger partial charge in [0.2, 0.25) is 0 Å². The number of hydrogen-bond donors (Lipinski definition) is 1. The number of rotatable bonds is 7. The monoisotopic (exact) mass is 426 g/mol. The van der Waals surface area contributed by atoms with Crippen molar-refractivity contribution in [3.05, 3.63) is 65.2 Å². The minimum atomic E-state index is -0.779. The standard InChI is InChI=1S/C16H26N2O.C10H12O2/c1-4-15(17(2)3)13-14-5-7-16(8-6-14)18-9-11-19-12-10-18;1-7-3-5-9(6-4-7)8(2)10(11)12/h5-8,15H,4,9-13H2,1-3H3;3-6,8H,1-2H3,(H,11,12). The molecule has 0 saturated carbocycles. The van der Waals surface area contributed by atoms with Crippen molar-refractivity contribution >= 4 is 11.7 Å². The Morgan fingerprint density at radius 2 is 1.65 bits per heavy atom. The van der Waals surface area contributed by atoms with Crippen LogP contribution >= 0.6 is 0 Å². The van der Waals surface area contributed by atoms with Crippen molar-refractivity contribution in [3.63, 3.8) is 0 Å². The summed E-state index contributed by atoms with van der Waals surface area (Å²) in [4.78, 5) is 15.3. The van der Waals surface area contributed by atoms with E-state index in [-0.39, 0.29) is 0 Å². The van der Waals surface area contributed by atoms with Crippen molar-refractivity contribution in [2.24, 2.45) is 0 Å². The maximum atomic E-state index is 10.6. The largest absolute Gasteiger partial charge is 0.481 e. The first kappa shape index (κ1) is 24.9. The number of aryl methyl sites for hydroxylation is 1. The van der Waals surface area contributed by atoms with Crippen LogP contribution in [-0.2, 0) is 16.0 Å². The van der Waals surface area contributed by atoms with Crippen molar-refractivity contribution in [1.29, 1.82) is 0 Å². The van der Waals surface area contributed by atoms with Crippen molar-refractivity contribution in [2.75, 3.05) is 45.3 Å². The molecule has 0 aromatic heterocycles. The van der Waals surface area contributed by atoms with E-state index in [1.54, 1.807) is 6.92 Å². The zero-order valence-corrected chi connectivity index (χ0v) is 19.7. The van der Waals surface area contributed by atoms with Crippen LogP contribution in [0.25, 0.3) is 0 Å². The van der Waals surface area contributed by atoms with E-state index >= 15 is 0 Å². The second-order valence-electron chi connectivity index (χ2n) is 8.47. The van der Waals surface area contributed by atoms with E-state index < -0.39 is 11.9 Å². The molecule has 2 aromatic carbocycles. The van der Waals surface area contributed by atoms with Gasteiger partial charge in [0.25, 0.3) is 0 Å². The molecule has 1 N–H and O–H groups in total. The van der Waals surface area contributed by atoms with Crippen LogP contribution in [0.5, 0.6) is 0 Å². The van der Waals surface area contributed by atoms with Gasteiger partial charge in [0.1, 0.15) is 0 Å². The van der Waals surface area contributed by atoms with Gasteiger partial charge in [-0.05, 0) is 64.0 Å². The molecule has 0 spiro atoms. The quantitative estimate of drug-likeness (QED) is 0.702. The van der Waals surface area contributed by atoms with Crippen LogP contribution < -0.4 is 4.90 Å². The Labute approximate surface area is 187 Å². The molecule has 2 aromatic rings. The number of likely N-dealkylation sites (N-methyl/N-ethyl adjacent to an activating group) is 1. The lowest BCUT2D eigenvalue weighted by Gasteiger charge is -2.29. The lowest BCUT2D eigenvalue weighted by Crippen LogP contribution is -2.36. The molecular formula is C26H38N2O3. The highest BCUT2D eigenvalue weighted by Gasteiger charge is 2.13. The third kappa shape index (κ3) is 8.00. The number of carboxylic acids is 1. The predicted octanol–water partition coefficient (Wildman–Crippen LogP) is 4.59. The molecule has 0 radical (unpaired) electrons. The Morgan fingerprint density at radius 3 is 2.13 bits per heavy atom. The van der Waals surface area contributed by atoms with Crippen LogP contribution in [0.15, 0.2) is 48.5 Å². The number of carboxylic acid groups (broad SMARTS) is 1. The van der Waals surface area contributed by atoms with Gasteiger partial charge in [-0.1, -0.05) is 48.9 Å². The average molecular weight is 427 g/mol. The Kier molecular flexibility index (Phi) is 10.0. The molecule has 2 atom stereocenters. The van der Waals surface area contributed by atoms with Gasteiger partial charge in [0.15, 0.2) is 0 Å². The van der Waals surface area contributed by atoms with E-state index in [1.807, 2.05) is 31.2 Å². The maximum Gasteiger partial charge on any atom is 0.310 e. The summed E-state index contributed by atoms with van der Waals surface area (Å²) in [5.74, 6) is -1.19. The van der Waals surface area contributed by atoms with Crippen molar-refractivity contribution in [3.8, 4) is 0 Å². The topological polar surface area (TPSA) is 53.0 Å². The molecule has 0 amide bonds. The summed E-state index contributed by atoms with van der Waals surface area (Å²) in [5, 5.41) is 8.70. The van der Waals surface area contributed by atoms with Crippen LogP contribution in [0.3, 0.4) is 0 Å². The predicted molar refractivity (Wildman–Crippen MR) is 128 cm³/mol. The van der Waals surface area contributed by atoms with Crippen LogP contribution in [0.1, 0.15) is 42.9 Å². The summed E-state index contributed by atoms with van der Waals surface area (Å²) >= 11 is 0. The molecule has 3 rings (SSSR count). The molecule has 0 aliphatic carbocycles. The van der Waals surface area contributed by atoms with Crippen LogP contribution in [0.4, 0.5) is 5.69 Å². The van der Waals surface area contributed by atoms with Gasteiger partial charge in [-0.3, -0.25) is 4.79 Å². The van der Waals surface area contributed by atoms with Crippen molar-refractivity contribution < 1.29 is 14.6 Å². The van der Waals surface area contributed by atoms with Crippen molar-refractivity contribution in [2.45, 2.75) is 45.6 Å². The number of nitrogens with zero attached hydrogens (tertiary/aromatic N) is 2. The second-order valence-corrected chi connectivity index (χ2v) is 8.47. The maximum absolute atomic E-state index is 10.6. The summed E-state index contributed by atoms with van der Waals surface area (Å²) in [5.41, 5.74) is 4.76. The molecule has 31 heavy (non-hydrogen) atoms. The minimum Gasteiger partial charge on any atom is -0.481 e. The normalized spacial score (nSPS) is 15.7. The summed E-state index contributed by atoms with van der Waals surface area (Å²) in [7, 11) is 4.33. The molecule has 5 nitrogen and oxygen atoms in total. The lowest BCUT2D eigenvalue weighted by atomic mass is 10.0. The highest BCUT2D eigenvalue weighted by molar-refractivity contribution is 5.75. The first-order chi connectivity index (χ1) is 14.8. The first-order valence-corrected chi connectivity index (χ1v) is 11.2. The fourth-order valence-corrected chi connectivity index (χ4v) is 3.63. The van der Waals surface area contributed by atoms with E-state index in [9.17, 15) is 4.79 Å². The third-order valence-electron chi connectivity index (χ3n) is 5.93. The molecule has 170 valence electrons. The third-order valence-corrected chi connectivity index (χ3v) is 5.93. The molecule has 1 aliphatic heterocycles. The van der Waals surface area contributed by atoms with E-state index in [0.717, 1.165) is 43.9 Å². The highest BCUT2D eigenvalue weighted by atomic mass is 16.5. The number of carbonyl (C=O) groups is 1. The molecule has 5 heteroatoms. The molecule has 1 fully saturated rings. The number of benzene rings is 2. The smallest absolute Gasteiger partial charge is 0.310 e. The average Bonchev–Trinajstić information content (AvgIpc) is 2.78. The molecule has 0 bridgehead atoms. The SMILES string of the molecule is CCC(Cc1ccc(N2CCOCC2)cc1)N(C)C.Cc1ccc(C(C)C(=O)O)cc1. The van der Waals surface area contributed by atoms with Crippen molar-refractivity contribution in [1.82, 2.24) is 4.90 Å². The molecule has 1 saturated heterocycles. The van der Waals surface area contributed by atoms with E-state index in [2.05, 4.69) is 55.1 Å². The number of morpholine rings is 1. The van der Waals surface area contributed by atoms with Gasteiger partial charge in [0.05, 0.1) is 19.1 Å². The number of aliphatic carboxylic acids is 1. The Balaban J connectivity index is 0.000000245. The first-order valence-electron chi connectivity index (χ1n) is 11.2. The van der Waals surface area contributed by atoms with Gasteiger partial charge < -0.3 is 19.6 Å². The number of hydrogen-bond acceptors (Lipinski definition) is 4. The molecule has 1 heterocycles. The second kappa shape index (κ2) is 12.5. The lowest BCUT2D eigenvalue weighted by molar-refractivity contribution is -0.138. The van der Waals surface area contributed by atoms with Crippen LogP contribution in [-0.4, -0.2) is 62.4 Å². The fourth-order valence-electron chi connectivity index (χ4n) is 3.63. The summed E-state index contributed by atoms with van der Waals surface area (Å²) < 4.78 is 5.39. The Hall–Kier alpha value is -2.37. The number of ether oxygens (including phenoxy) is 1. The fraction of sp³-hybridized carbons (Fsp3) is 0.500. The zero-order valence-electron chi connectivity index (χ0n) is 19.7. The van der Waals surface area contributed by atoms with Crippen LogP contribution in [0, 0.1) is 6.92 Å². The van der Waals surface area contributed by atoms with Gasteiger partial charge in [-0.15, -0.1) is 0 Å². The molecule has 2 unspecified atom stereocenters. The molecule has 1 aliphatic rings. The van der Waals surface area contributed by atoms with E-state index in [4.69, 9.17) is 9.84 Å². The minimum absolute atomic E-state index is 0.411. The van der Waals surface area contributed by atoms with E-state index in [0.29, 0.717) is 6.04 Å². The zero-order chi connectivity index (χ0) is 22.8. The highest BCUT2D eigenvalue weighted by Crippen LogP contribution is 2.18. The van der Waals surface area contributed by atoms with Gasteiger partial charge in [-0.2, -0.15) is 0 Å². The Morgan fingerprint density at radius 1 is 1.06 bits per heavy atom. The van der Waals surface area contributed by atoms with Gasteiger partial charge in [0, 0.05) is 24.8 Å². The number of anilines is 1. The summed E-state index contributed by atoms with van der Waals surface area (Å²) in [6.07, 6.45) is 2.32. The van der Waals surface area contributed by atoms with Crippen LogP contribution in [0.2, 0.25) is 0 Å². The van der Waals surface area contributed by atoms with E-state index in [1.165, 1.54) is 17.7 Å². The Bertz CT molecular complexity index is 781. The molecular weight excluding hydrogens is 388 g/mol. The summed E-state index contributed by atoms with van der Waals surface area (Å²) in [6.45, 7) is 9.64. The summed E-state index contributed by atoms with van der Waals surface area (Å²) in [6, 6.07) is 17.3. The van der Waals surface area contributed by atoms with Gasteiger partial charge >= 0.3 is 5.97 Å².